The predicted octanol–water partition coefficient (Wildman–Crippen LogP) is 4.91. The lowest BCUT2D eigenvalue weighted by atomic mass is 10.1. The molecular weight excluding hydrogens is 268 g/mol. The van der Waals surface area contributed by atoms with E-state index in [-0.39, 0.29) is 0 Å². The molecule has 0 aliphatic rings. The standard InChI is InChI=1S/C17H17ClN2/c1-10-5-6-15(11(2)7-10)20-9-12(3)16-14(18)8-13(4)19-17(16)20/h5-9H,1-4H3. The summed E-state index contributed by atoms with van der Waals surface area (Å²) in [5.74, 6) is 0. The van der Waals surface area contributed by atoms with E-state index in [1.165, 1.54) is 11.1 Å². The molecule has 3 rings (SSSR count). The molecule has 0 saturated carbocycles. The third-order valence-corrected chi connectivity index (χ3v) is 3.94. The van der Waals surface area contributed by atoms with Crippen molar-refractivity contribution in [3.63, 3.8) is 0 Å². The summed E-state index contributed by atoms with van der Waals surface area (Å²) >= 11 is 6.38. The zero-order valence-electron chi connectivity index (χ0n) is 12.2. The quantitative estimate of drug-likeness (QED) is 0.621. The van der Waals surface area contributed by atoms with Gasteiger partial charge in [0.1, 0.15) is 5.65 Å². The highest BCUT2D eigenvalue weighted by Gasteiger charge is 2.13. The minimum atomic E-state index is 0.772. The van der Waals surface area contributed by atoms with E-state index in [1.54, 1.807) is 0 Å². The maximum atomic E-state index is 6.38. The summed E-state index contributed by atoms with van der Waals surface area (Å²) < 4.78 is 2.14. The first-order valence-corrected chi connectivity index (χ1v) is 7.07. The molecule has 20 heavy (non-hydrogen) atoms. The van der Waals surface area contributed by atoms with Crippen molar-refractivity contribution in [3.8, 4) is 5.69 Å². The average Bonchev–Trinajstić information content (AvgIpc) is 2.66. The average molecular weight is 285 g/mol. The Balaban J connectivity index is 2.37. The van der Waals surface area contributed by atoms with Gasteiger partial charge in [-0.25, -0.2) is 4.98 Å². The molecule has 0 fully saturated rings. The molecule has 3 aromatic rings. The summed E-state index contributed by atoms with van der Waals surface area (Å²) in [4.78, 5) is 4.68. The Hall–Kier alpha value is -1.80. The van der Waals surface area contributed by atoms with Crippen LogP contribution in [0.25, 0.3) is 16.7 Å². The second-order valence-electron chi connectivity index (χ2n) is 5.42. The monoisotopic (exact) mass is 284 g/mol. The van der Waals surface area contributed by atoms with Gasteiger partial charge in [-0.2, -0.15) is 0 Å². The van der Waals surface area contributed by atoms with Gasteiger partial charge >= 0.3 is 0 Å². The van der Waals surface area contributed by atoms with E-state index in [4.69, 9.17) is 11.6 Å². The molecule has 0 saturated heterocycles. The van der Waals surface area contributed by atoms with Crippen molar-refractivity contribution in [2.24, 2.45) is 0 Å². The summed E-state index contributed by atoms with van der Waals surface area (Å²) in [7, 11) is 0. The number of hydrogen-bond acceptors (Lipinski definition) is 1. The number of hydrogen-bond donors (Lipinski definition) is 0. The predicted molar refractivity (Wildman–Crippen MR) is 85.0 cm³/mol. The molecule has 0 aliphatic heterocycles. The molecule has 0 aliphatic carbocycles. The number of nitrogens with zero attached hydrogens (tertiary/aromatic N) is 2. The fourth-order valence-corrected chi connectivity index (χ4v) is 3.13. The molecule has 102 valence electrons. The maximum Gasteiger partial charge on any atom is 0.146 e. The number of benzene rings is 1. The van der Waals surface area contributed by atoms with Gasteiger partial charge in [-0.15, -0.1) is 0 Å². The van der Waals surface area contributed by atoms with E-state index in [1.807, 2.05) is 13.0 Å². The largest absolute Gasteiger partial charge is 0.301 e. The number of rotatable bonds is 1. The molecule has 0 radical (unpaired) electrons. The van der Waals surface area contributed by atoms with Gasteiger partial charge in [0, 0.05) is 23.0 Å². The lowest BCUT2D eigenvalue weighted by Crippen LogP contribution is -1.98. The Labute approximate surface area is 124 Å². The second-order valence-corrected chi connectivity index (χ2v) is 5.82. The van der Waals surface area contributed by atoms with Crippen LogP contribution >= 0.6 is 11.6 Å². The lowest BCUT2D eigenvalue weighted by Gasteiger charge is -2.10. The SMILES string of the molecule is Cc1ccc(-n2cc(C)c3c(Cl)cc(C)nc32)c(C)c1. The topological polar surface area (TPSA) is 17.8 Å². The van der Waals surface area contributed by atoms with Gasteiger partial charge in [0.05, 0.1) is 5.02 Å². The van der Waals surface area contributed by atoms with Crippen LogP contribution in [0.15, 0.2) is 30.5 Å². The zero-order chi connectivity index (χ0) is 14.4. The maximum absolute atomic E-state index is 6.38. The van der Waals surface area contributed by atoms with Crippen LogP contribution in [0.4, 0.5) is 0 Å². The molecular formula is C17H17ClN2. The van der Waals surface area contributed by atoms with Gasteiger partial charge in [-0.05, 0) is 51.0 Å². The molecule has 3 heteroatoms. The molecule has 0 N–H and O–H groups in total. The van der Waals surface area contributed by atoms with Crippen LogP contribution < -0.4 is 0 Å². The first-order valence-electron chi connectivity index (χ1n) is 6.70. The smallest absolute Gasteiger partial charge is 0.146 e. The van der Waals surface area contributed by atoms with E-state index in [0.29, 0.717) is 0 Å². The molecule has 0 spiro atoms. The van der Waals surface area contributed by atoms with Crippen molar-refractivity contribution in [1.82, 2.24) is 9.55 Å². The number of halogens is 1. The first-order chi connectivity index (χ1) is 9.47. The van der Waals surface area contributed by atoms with Gasteiger partial charge in [-0.1, -0.05) is 29.3 Å². The Morgan fingerprint density at radius 2 is 1.75 bits per heavy atom. The molecule has 2 heterocycles. The number of aryl methyl sites for hydroxylation is 4. The Morgan fingerprint density at radius 3 is 2.45 bits per heavy atom. The van der Waals surface area contributed by atoms with E-state index >= 15 is 0 Å². The minimum absolute atomic E-state index is 0.772. The van der Waals surface area contributed by atoms with Crippen LogP contribution in [0.2, 0.25) is 5.02 Å². The Morgan fingerprint density at radius 1 is 1.00 bits per heavy atom. The van der Waals surface area contributed by atoms with Crippen molar-refractivity contribution < 1.29 is 0 Å². The van der Waals surface area contributed by atoms with Crippen molar-refractivity contribution in [1.29, 1.82) is 0 Å². The van der Waals surface area contributed by atoms with Crippen molar-refractivity contribution in [2.45, 2.75) is 27.7 Å². The molecule has 0 bridgehead atoms. The van der Waals surface area contributed by atoms with Gasteiger partial charge in [0.2, 0.25) is 0 Å². The number of fused-ring (bicyclic) bond motifs is 1. The summed E-state index contributed by atoms with van der Waals surface area (Å²) in [5.41, 5.74) is 6.68. The van der Waals surface area contributed by atoms with Crippen molar-refractivity contribution >= 4 is 22.6 Å². The highest BCUT2D eigenvalue weighted by Crippen LogP contribution is 2.30. The van der Waals surface area contributed by atoms with Gasteiger partial charge in [0.15, 0.2) is 0 Å². The highest BCUT2D eigenvalue weighted by molar-refractivity contribution is 6.35. The molecule has 1 aromatic carbocycles. The van der Waals surface area contributed by atoms with Crippen molar-refractivity contribution in [3.05, 3.63) is 57.9 Å². The lowest BCUT2D eigenvalue weighted by molar-refractivity contribution is 1.05. The Bertz CT molecular complexity index is 815. The molecule has 0 atom stereocenters. The van der Waals surface area contributed by atoms with Crippen LogP contribution in [-0.4, -0.2) is 9.55 Å². The van der Waals surface area contributed by atoms with Crippen LogP contribution in [0, 0.1) is 27.7 Å². The van der Waals surface area contributed by atoms with E-state index in [9.17, 15) is 0 Å². The molecule has 2 nitrogen and oxygen atoms in total. The summed E-state index contributed by atoms with van der Waals surface area (Å²) in [6.45, 7) is 8.28. The normalized spacial score (nSPS) is 11.2. The Kier molecular flexibility index (Phi) is 3.06. The summed E-state index contributed by atoms with van der Waals surface area (Å²) in [6, 6.07) is 8.37. The van der Waals surface area contributed by atoms with E-state index < -0.39 is 0 Å². The zero-order valence-corrected chi connectivity index (χ0v) is 12.9. The van der Waals surface area contributed by atoms with Crippen LogP contribution in [0.3, 0.4) is 0 Å². The van der Waals surface area contributed by atoms with Gasteiger partial charge < -0.3 is 4.57 Å². The minimum Gasteiger partial charge on any atom is -0.301 e. The van der Waals surface area contributed by atoms with Gasteiger partial charge in [-0.3, -0.25) is 0 Å². The van der Waals surface area contributed by atoms with E-state index in [0.717, 1.165) is 33.0 Å². The molecule has 2 aromatic heterocycles. The third kappa shape index (κ3) is 2.01. The van der Waals surface area contributed by atoms with E-state index in [2.05, 4.69) is 54.7 Å². The first kappa shape index (κ1) is 13.2. The third-order valence-electron chi connectivity index (χ3n) is 3.64. The molecule has 0 unspecified atom stereocenters. The highest BCUT2D eigenvalue weighted by atomic mass is 35.5. The second kappa shape index (κ2) is 4.64. The van der Waals surface area contributed by atoms with Crippen LogP contribution in [-0.2, 0) is 0 Å². The van der Waals surface area contributed by atoms with Crippen LogP contribution in [0.1, 0.15) is 22.4 Å². The number of aromatic nitrogens is 2. The van der Waals surface area contributed by atoms with Crippen LogP contribution in [0.5, 0.6) is 0 Å². The van der Waals surface area contributed by atoms with Gasteiger partial charge in [0.25, 0.3) is 0 Å². The van der Waals surface area contributed by atoms with Crippen molar-refractivity contribution in [2.75, 3.05) is 0 Å². The summed E-state index contributed by atoms with van der Waals surface area (Å²) in [6.07, 6.45) is 2.11. The fourth-order valence-electron chi connectivity index (χ4n) is 2.74. The summed E-state index contributed by atoms with van der Waals surface area (Å²) in [5, 5.41) is 1.81. The molecule has 0 amide bonds. The number of pyridine rings is 1. The fraction of sp³-hybridized carbons (Fsp3) is 0.235.